The van der Waals surface area contributed by atoms with Crippen molar-refractivity contribution in [3.8, 4) is 0 Å². The van der Waals surface area contributed by atoms with Gasteiger partial charge in [0.1, 0.15) is 5.78 Å². The lowest BCUT2D eigenvalue weighted by Gasteiger charge is -2.33. The van der Waals surface area contributed by atoms with Crippen molar-refractivity contribution >= 4 is 12.9 Å². The van der Waals surface area contributed by atoms with Crippen LogP contribution in [-0.2, 0) is 21.7 Å². The summed E-state index contributed by atoms with van der Waals surface area (Å²) < 4.78 is 14.5. The molecular formula is C24H29O2P. The first-order valence-electron chi connectivity index (χ1n) is 9.99. The van der Waals surface area contributed by atoms with E-state index in [1.54, 1.807) is 6.92 Å². The van der Waals surface area contributed by atoms with E-state index in [0.29, 0.717) is 24.2 Å². The summed E-state index contributed by atoms with van der Waals surface area (Å²) in [6.07, 6.45) is 2.13. The number of rotatable bonds is 6. The lowest BCUT2D eigenvalue weighted by Crippen LogP contribution is -2.29. The Hall–Kier alpha value is -1.66. The summed E-state index contributed by atoms with van der Waals surface area (Å²) in [6.45, 7) is 6.26. The third kappa shape index (κ3) is 3.34. The van der Waals surface area contributed by atoms with Gasteiger partial charge in [0.25, 0.3) is 0 Å². The van der Waals surface area contributed by atoms with Crippen molar-refractivity contribution in [1.82, 2.24) is 0 Å². The molecule has 4 atom stereocenters. The zero-order chi connectivity index (χ0) is 19.2. The average molecular weight is 380 g/mol. The summed E-state index contributed by atoms with van der Waals surface area (Å²) in [5.74, 6) is 1.17. The minimum absolute atomic E-state index is 0.0263. The van der Waals surface area contributed by atoms with E-state index in [9.17, 15) is 9.36 Å². The zero-order valence-corrected chi connectivity index (χ0v) is 17.4. The Morgan fingerprint density at radius 3 is 1.89 bits per heavy atom. The molecule has 0 heterocycles. The molecule has 0 radical (unpaired) electrons. The van der Waals surface area contributed by atoms with Crippen molar-refractivity contribution in [3.63, 3.8) is 0 Å². The molecule has 0 amide bonds. The SMILES string of the molecule is CC(=O)[C@@H]1[C@H]2[C@@H](C[C@H]1P(=O)(Cc1ccccc1)Cc1ccccc1)C2(C)C. The van der Waals surface area contributed by atoms with Crippen LogP contribution in [0, 0.1) is 23.2 Å². The van der Waals surface area contributed by atoms with Gasteiger partial charge in [0, 0.05) is 23.9 Å². The highest BCUT2D eigenvalue weighted by molar-refractivity contribution is 7.63. The number of benzene rings is 2. The quantitative estimate of drug-likeness (QED) is 0.576. The maximum atomic E-state index is 14.5. The molecule has 0 aliphatic heterocycles. The lowest BCUT2D eigenvalue weighted by molar-refractivity contribution is -0.121. The van der Waals surface area contributed by atoms with E-state index in [1.807, 2.05) is 36.4 Å². The van der Waals surface area contributed by atoms with Gasteiger partial charge < -0.3 is 4.57 Å². The molecule has 2 aromatic carbocycles. The summed E-state index contributed by atoms with van der Waals surface area (Å²) in [7, 11) is -2.60. The predicted molar refractivity (Wildman–Crippen MR) is 111 cm³/mol. The van der Waals surface area contributed by atoms with Gasteiger partial charge in [0.15, 0.2) is 0 Å². The number of carbonyl (C=O) groups excluding carboxylic acids is 1. The number of hydrogen-bond acceptors (Lipinski definition) is 2. The van der Waals surface area contributed by atoms with Crippen LogP contribution < -0.4 is 0 Å². The van der Waals surface area contributed by atoms with E-state index in [-0.39, 0.29) is 22.8 Å². The number of hydrogen-bond donors (Lipinski definition) is 0. The van der Waals surface area contributed by atoms with Crippen molar-refractivity contribution in [2.45, 2.75) is 45.2 Å². The summed E-state index contributed by atoms with van der Waals surface area (Å²) >= 11 is 0. The maximum Gasteiger partial charge on any atom is 0.133 e. The predicted octanol–water partition coefficient (Wildman–Crippen LogP) is 6.00. The highest BCUT2D eigenvalue weighted by Crippen LogP contribution is 2.76. The van der Waals surface area contributed by atoms with Crippen LogP contribution in [-0.4, -0.2) is 11.4 Å². The van der Waals surface area contributed by atoms with E-state index in [4.69, 9.17) is 0 Å². The van der Waals surface area contributed by atoms with E-state index < -0.39 is 7.14 Å². The molecule has 3 heteroatoms. The lowest BCUT2D eigenvalue weighted by atomic mass is 9.90. The van der Waals surface area contributed by atoms with Gasteiger partial charge >= 0.3 is 0 Å². The fourth-order valence-electron chi connectivity index (χ4n) is 5.68. The number of fused-ring (bicyclic) bond motifs is 1. The standard InChI is InChI=1S/C24H29O2P/c1-17(25)22-21(14-20-23(22)24(20,2)3)27(26,15-18-10-6-4-7-11-18)16-19-12-8-5-9-13-19/h4-13,20-23H,14-16H2,1-3H3/t20-,21-,22+,23-/m1/s1. The van der Waals surface area contributed by atoms with Crippen LogP contribution in [0.5, 0.6) is 0 Å². The van der Waals surface area contributed by atoms with E-state index in [0.717, 1.165) is 17.5 Å². The Morgan fingerprint density at radius 2 is 1.44 bits per heavy atom. The highest BCUT2D eigenvalue weighted by Gasteiger charge is 2.70. The van der Waals surface area contributed by atoms with Gasteiger partial charge in [-0.25, -0.2) is 0 Å². The Morgan fingerprint density at radius 1 is 0.963 bits per heavy atom. The smallest absolute Gasteiger partial charge is 0.133 e. The second-order valence-corrected chi connectivity index (χ2v) is 12.3. The molecule has 4 rings (SSSR count). The molecule has 142 valence electrons. The molecule has 0 saturated heterocycles. The van der Waals surface area contributed by atoms with Crippen molar-refractivity contribution in [2.24, 2.45) is 23.2 Å². The molecule has 0 bridgehead atoms. The molecule has 0 N–H and O–H groups in total. The van der Waals surface area contributed by atoms with Crippen LogP contribution in [0.4, 0.5) is 0 Å². The molecule has 2 aliphatic rings. The van der Waals surface area contributed by atoms with Gasteiger partial charge in [-0.05, 0) is 41.7 Å². The molecule has 27 heavy (non-hydrogen) atoms. The van der Waals surface area contributed by atoms with E-state index in [1.165, 1.54) is 0 Å². The fourth-order valence-corrected chi connectivity index (χ4v) is 9.51. The molecular weight excluding hydrogens is 351 g/mol. The van der Waals surface area contributed by atoms with Crippen molar-refractivity contribution in [3.05, 3.63) is 71.8 Å². The minimum atomic E-state index is -2.60. The first-order chi connectivity index (χ1) is 12.8. The van der Waals surface area contributed by atoms with Crippen LogP contribution in [0.1, 0.15) is 38.3 Å². The first-order valence-corrected chi connectivity index (χ1v) is 12.1. The normalized spacial score (nSPS) is 28.6. The van der Waals surface area contributed by atoms with Gasteiger partial charge in [-0.2, -0.15) is 0 Å². The van der Waals surface area contributed by atoms with Gasteiger partial charge in [0.2, 0.25) is 0 Å². The average Bonchev–Trinajstić information content (AvgIpc) is 2.98. The summed E-state index contributed by atoms with van der Waals surface area (Å²) in [4.78, 5) is 12.6. The topological polar surface area (TPSA) is 34.1 Å². The van der Waals surface area contributed by atoms with Gasteiger partial charge in [-0.1, -0.05) is 74.5 Å². The molecule has 2 fully saturated rings. The van der Waals surface area contributed by atoms with Gasteiger partial charge in [-0.3, -0.25) is 4.79 Å². The van der Waals surface area contributed by atoms with Crippen LogP contribution in [0.2, 0.25) is 0 Å². The van der Waals surface area contributed by atoms with E-state index >= 15 is 0 Å². The van der Waals surface area contributed by atoms with Crippen molar-refractivity contribution in [2.75, 3.05) is 0 Å². The molecule has 2 saturated carbocycles. The Kier molecular flexibility index (Phi) is 4.67. The molecule has 2 nitrogen and oxygen atoms in total. The van der Waals surface area contributed by atoms with Crippen LogP contribution in [0.3, 0.4) is 0 Å². The van der Waals surface area contributed by atoms with Gasteiger partial charge in [0.05, 0.1) is 7.14 Å². The first kappa shape index (κ1) is 18.7. The van der Waals surface area contributed by atoms with Gasteiger partial charge in [-0.15, -0.1) is 0 Å². The minimum Gasteiger partial charge on any atom is -0.323 e. The van der Waals surface area contributed by atoms with E-state index in [2.05, 4.69) is 38.1 Å². The number of ketones is 1. The Bertz CT molecular complexity index is 826. The largest absolute Gasteiger partial charge is 0.323 e. The third-order valence-corrected chi connectivity index (χ3v) is 10.6. The highest BCUT2D eigenvalue weighted by atomic mass is 31.2. The zero-order valence-electron chi connectivity index (χ0n) is 16.5. The molecule has 0 spiro atoms. The fraction of sp³-hybridized carbons (Fsp3) is 0.458. The van der Waals surface area contributed by atoms with Crippen LogP contribution in [0.25, 0.3) is 0 Å². The second-order valence-electron chi connectivity index (χ2n) is 9.13. The Labute approximate surface area is 162 Å². The van der Waals surface area contributed by atoms with Crippen molar-refractivity contribution in [1.29, 1.82) is 0 Å². The molecule has 2 aromatic rings. The summed E-state index contributed by atoms with van der Waals surface area (Å²) in [5.41, 5.74) is 2.51. The second kappa shape index (κ2) is 6.74. The Balaban J connectivity index is 1.69. The molecule has 0 unspecified atom stereocenters. The monoisotopic (exact) mass is 380 g/mol. The third-order valence-electron chi connectivity index (χ3n) is 7.10. The molecule has 2 aliphatic carbocycles. The molecule has 0 aromatic heterocycles. The van der Waals surface area contributed by atoms with Crippen molar-refractivity contribution < 1.29 is 9.36 Å². The maximum absolute atomic E-state index is 14.5. The number of carbonyl (C=O) groups is 1. The summed E-state index contributed by atoms with van der Waals surface area (Å²) in [5, 5.41) is 0. The van der Waals surface area contributed by atoms with Crippen LogP contribution in [0.15, 0.2) is 60.7 Å². The summed E-state index contributed by atoms with van der Waals surface area (Å²) in [6, 6.07) is 20.3. The number of Topliss-reactive ketones (excluding diaryl/α,β-unsaturated/α-hetero) is 1. The van der Waals surface area contributed by atoms with Crippen LogP contribution >= 0.6 is 7.14 Å².